The fourth-order valence-electron chi connectivity index (χ4n) is 3.32. The minimum absolute atomic E-state index is 0.227. The van der Waals surface area contributed by atoms with E-state index < -0.39 is 0 Å². The lowest BCUT2D eigenvalue weighted by Crippen LogP contribution is -1.98. The largest absolute Gasteiger partial charge is 0.507 e. The average molecular weight is 353 g/mol. The van der Waals surface area contributed by atoms with E-state index in [0.29, 0.717) is 11.5 Å². The van der Waals surface area contributed by atoms with Crippen LogP contribution in [-0.2, 0) is 0 Å². The quantitative estimate of drug-likeness (QED) is 0.599. The maximum Gasteiger partial charge on any atom is 0.126 e. The summed E-state index contributed by atoms with van der Waals surface area (Å²) in [6.45, 7) is 14.5. The van der Waals surface area contributed by atoms with Crippen LogP contribution < -0.4 is 0 Å². The molecule has 0 aromatic heterocycles. The van der Waals surface area contributed by atoms with Gasteiger partial charge in [0.25, 0.3) is 0 Å². The number of allylic oxidation sites excluding steroid dienone is 1. The van der Waals surface area contributed by atoms with Gasteiger partial charge in [-0.25, -0.2) is 0 Å². The Labute approximate surface area is 158 Å². The smallest absolute Gasteiger partial charge is 0.126 e. The van der Waals surface area contributed by atoms with E-state index in [9.17, 15) is 10.2 Å². The maximum atomic E-state index is 10.7. The molecule has 26 heavy (non-hydrogen) atoms. The van der Waals surface area contributed by atoms with Gasteiger partial charge in [-0.15, -0.1) is 0 Å². The molecule has 2 aromatic carbocycles. The van der Waals surface area contributed by atoms with Crippen LogP contribution in [0.3, 0.4) is 0 Å². The molecule has 0 saturated carbocycles. The Morgan fingerprint density at radius 3 is 1.42 bits per heavy atom. The van der Waals surface area contributed by atoms with Gasteiger partial charge in [-0.05, 0) is 76.8 Å². The fourth-order valence-corrected chi connectivity index (χ4v) is 3.32. The second-order valence-corrected chi connectivity index (χ2v) is 7.97. The minimum atomic E-state index is 0.227. The van der Waals surface area contributed by atoms with Gasteiger partial charge < -0.3 is 10.2 Å². The zero-order valence-electron chi connectivity index (χ0n) is 17.1. The summed E-state index contributed by atoms with van der Waals surface area (Å²) in [5, 5.41) is 21.3. The van der Waals surface area contributed by atoms with Crippen LogP contribution in [0.4, 0.5) is 0 Å². The number of benzene rings is 2. The van der Waals surface area contributed by atoms with E-state index in [1.807, 2.05) is 25.1 Å². The van der Waals surface area contributed by atoms with Crippen LogP contribution in [0.5, 0.6) is 11.5 Å². The summed E-state index contributed by atoms with van der Waals surface area (Å²) in [6, 6.07) is 8.28. The summed E-state index contributed by atoms with van der Waals surface area (Å²) in [4.78, 5) is 0. The summed E-state index contributed by atoms with van der Waals surface area (Å²) in [5.41, 5.74) is 5.88. The molecule has 0 radical (unpaired) electrons. The highest BCUT2D eigenvalue weighted by atomic mass is 16.3. The van der Waals surface area contributed by atoms with Crippen molar-refractivity contribution in [3.8, 4) is 22.6 Å². The molecule has 0 aliphatic rings. The standard InChI is InChI=1S/C24H32O2/c1-8-9-17-10-18(11-20(14(2)3)23(17)25)19-12-21(15(4)5)24(26)22(13-19)16(6)7/h8-16,25-26H,1-7H3/b9-8-. The number of rotatable bonds is 5. The van der Waals surface area contributed by atoms with Crippen molar-refractivity contribution in [2.24, 2.45) is 0 Å². The molecule has 2 heteroatoms. The number of hydrogen-bond acceptors (Lipinski definition) is 2. The molecule has 2 rings (SSSR count). The van der Waals surface area contributed by atoms with Crippen molar-refractivity contribution in [3.05, 3.63) is 52.6 Å². The van der Waals surface area contributed by atoms with E-state index in [0.717, 1.165) is 33.4 Å². The number of phenolic OH excluding ortho intramolecular Hbond substituents is 2. The van der Waals surface area contributed by atoms with Gasteiger partial charge in [0.2, 0.25) is 0 Å². The van der Waals surface area contributed by atoms with Crippen molar-refractivity contribution in [2.45, 2.75) is 66.2 Å². The SMILES string of the molecule is C/C=C\c1cc(-c2cc(C(C)C)c(O)c(C(C)C)c2)cc(C(C)C)c1O. The topological polar surface area (TPSA) is 40.5 Å². The van der Waals surface area contributed by atoms with Gasteiger partial charge in [0.1, 0.15) is 11.5 Å². The van der Waals surface area contributed by atoms with Gasteiger partial charge in [-0.3, -0.25) is 0 Å². The molecule has 0 heterocycles. The molecular formula is C24H32O2. The van der Waals surface area contributed by atoms with Crippen LogP contribution in [0.1, 0.15) is 88.5 Å². The minimum Gasteiger partial charge on any atom is -0.507 e. The van der Waals surface area contributed by atoms with Crippen LogP contribution in [0, 0.1) is 0 Å². The third kappa shape index (κ3) is 3.95. The number of hydrogen-bond donors (Lipinski definition) is 2. The molecule has 140 valence electrons. The lowest BCUT2D eigenvalue weighted by Gasteiger charge is -2.19. The normalized spacial score (nSPS) is 12.1. The highest BCUT2D eigenvalue weighted by Gasteiger charge is 2.18. The molecule has 0 bridgehead atoms. The Kier molecular flexibility index (Phi) is 6.17. The summed E-state index contributed by atoms with van der Waals surface area (Å²) in [5.74, 6) is 1.47. The Morgan fingerprint density at radius 1 is 0.654 bits per heavy atom. The zero-order valence-corrected chi connectivity index (χ0v) is 17.1. The zero-order chi connectivity index (χ0) is 19.6. The number of aromatic hydroxyl groups is 2. The van der Waals surface area contributed by atoms with E-state index in [2.05, 4.69) is 59.7 Å². The van der Waals surface area contributed by atoms with Crippen LogP contribution in [0.25, 0.3) is 17.2 Å². The van der Waals surface area contributed by atoms with Crippen molar-refractivity contribution in [1.82, 2.24) is 0 Å². The van der Waals surface area contributed by atoms with Gasteiger partial charge in [0.05, 0.1) is 0 Å². The van der Waals surface area contributed by atoms with Crippen LogP contribution in [0.2, 0.25) is 0 Å². The Bertz CT molecular complexity index is 782. The Morgan fingerprint density at radius 2 is 1.04 bits per heavy atom. The first kappa shape index (κ1) is 20.1. The van der Waals surface area contributed by atoms with Gasteiger partial charge in [0.15, 0.2) is 0 Å². The predicted molar refractivity (Wildman–Crippen MR) is 112 cm³/mol. The first-order valence-corrected chi connectivity index (χ1v) is 9.54. The lowest BCUT2D eigenvalue weighted by molar-refractivity contribution is 0.454. The van der Waals surface area contributed by atoms with Gasteiger partial charge >= 0.3 is 0 Å². The molecule has 0 aliphatic carbocycles. The molecule has 0 atom stereocenters. The molecule has 0 saturated heterocycles. The summed E-state index contributed by atoms with van der Waals surface area (Å²) in [7, 11) is 0. The molecule has 0 fully saturated rings. The molecule has 0 aliphatic heterocycles. The van der Waals surface area contributed by atoms with Gasteiger partial charge in [-0.1, -0.05) is 53.7 Å². The first-order valence-electron chi connectivity index (χ1n) is 9.54. The van der Waals surface area contributed by atoms with E-state index >= 15 is 0 Å². The predicted octanol–water partition coefficient (Wildman–Crippen LogP) is 7.17. The van der Waals surface area contributed by atoms with E-state index in [1.54, 1.807) is 0 Å². The van der Waals surface area contributed by atoms with Crippen molar-refractivity contribution in [2.75, 3.05) is 0 Å². The van der Waals surface area contributed by atoms with Crippen molar-refractivity contribution >= 4 is 6.08 Å². The third-order valence-corrected chi connectivity index (χ3v) is 4.88. The van der Waals surface area contributed by atoms with Crippen LogP contribution in [-0.4, -0.2) is 10.2 Å². The second kappa shape index (κ2) is 7.99. The lowest BCUT2D eigenvalue weighted by atomic mass is 9.87. The highest BCUT2D eigenvalue weighted by Crippen LogP contribution is 2.40. The molecule has 0 spiro atoms. The highest BCUT2D eigenvalue weighted by molar-refractivity contribution is 5.74. The van der Waals surface area contributed by atoms with Crippen LogP contribution in [0.15, 0.2) is 30.3 Å². The molecular weight excluding hydrogens is 320 g/mol. The van der Waals surface area contributed by atoms with Crippen molar-refractivity contribution in [1.29, 1.82) is 0 Å². The molecule has 2 nitrogen and oxygen atoms in total. The van der Waals surface area contributed by atoms with Crippen molar-refractivity contribution in [3.63, 3.8) is 0 Å². The van der Waals surface area contributed by atoms with Gasteiger partial charge in [-0.2, -0.15) is 0 Å². The molecule has 0 amide bonds. The summed E-state index contributed by atoms with van der Waals surface area (Å²) >= 11 is 0. The van der Waals surface area contributed by atoms with E-state index in [1.165, 1.54) is 0 Å². The van der Waals surface area contributed by atoms with Crippen LogP contribution >= 0.6 is 0 Å². The van der Waals surface area contributed by atoms with E-state index in [-0.39, 0.29) is 17.8 Å². The average Bonchev–Trinajstić information content (AvgIpc) is 2.56. The second-order valence-electron chi connectivity index (χ2n) is 7.97. The van der Waals surface area contributed by atoms with E-state index in [4.69, 9.17) is 0 Å². The molecule has 2 N–H and O–H groups in total. The monoisotopic (exact) mass is 352 g/mol. The third-order valence-electron chi connectivity index (χ3n) is 4.88. The Balaban J connectivity index is 2.78. The Hall–Kier alpha value is -2.22. The molecule has 0 unspecified atom stereocenters. The molecule has 2 aromatic rings. The fraction of sp³-hybridized carbons (Fsp3) is 0.417. The summed E-state index contributed by atoms with van der Waals surface area (Å²) < 4.78 is 0. The first-order chi connectivity index (χ1) is 12.2. The number of phenols is 2. The summed E-state index contributed by atoms with van der Waals surface area (Å²) in [6.07, 6.45) is 3.89. The van der Waals surface area contributed by atoms with Crippen molar-refractivity contribution < 1.29 is 10.2 Å². The van der Waals surface area contributed by atoms with Gasteiger partial charge in [0, 0.05) is 5.56 Å². The maximum absolute atomic E-state index is 10.7.